The van der Waals surface area contributed by atoms with Gasteiger partial charge in [0.25, 0.3) is 5.82 Å². The Labute approximate surface area is 185 Å². The second-order valence-corrected chi connectivity index (χ2v) is 8.79. The summed E-state index contributed by atoms with van der Waals surface area (Å²) < 4.78 is 5.10. The van der Waals surface area contributed by atoms with E-state index in [4.69, 9.17) is 0 Å². The van der Waals surface area contributed by atoms with Crippen molar-refractivity contribution < 1.29 is 4.57 Å². The van der Waals surface area contributed by atoms with Crippen LogP contribution < -0.4 is 4.57 Å². The molecule has 1 fully saturated rings. The van der Waals surface area contributed by atoms with Crippen molar-refractivity contribution in [3.05, 3.63) is 102 Å². The van der Waals surface area contributed by atoms with Crippen molar-refractivity contribution in [3.8, 4) is 22.6 Å². The number of hydrogen-bond acceptors (Lipinski definition) is 0. The molecule has 2 heteroatoms. The molecule has 0 unspecified atom stereocenters. The van der Waals surface area contributed by atoms with E-state index in [9.17, 15) is 0 Å². The molecular formula is C29H31N2+. The van der Waals surface area contributed by atoms with Crippen LogP contribution in [0, 0.1) is 13.8 Å². The van der Waals surface area contributed by atoms with E-state index in [0.717, 1.165) is 0 Å². The summed E-state index contributed by atoms with van der Waals surface area (Å²) in [6.07, 6.45) is 6.51. The Bertz CT molecular complexity index is 1170. The molecule has 31 heavy (non-hydrogen) atoms. The summed E-state index contributed by atoms with van der Waals surface area (Å²) >= 11 is 0. The van der Waals surface area contributed by atoms with Gasteiger partial charge in [0.05, 0.1) is 5.92 Å². The monoisotopic (exact) mass is 407 g/mol. The molecule has 1 aromatic heterocycles. The number of nitrogens with zero attached hydrogens (tertiary/aromatic N) is 2. The van der Waals surface area contributed by atoms with E-state index in [-0.39, 0.29) is 0 Å². The van der Waals surface area contributed by atoms with Crippen LogP contribution in [0.3, 0.4) is 0 Å². The quantitative estimate of drug-likeness (QED) is 0.319. The van der Waals surface area contributed by atoms with E-state index in [1.54, 1.807) is 0 Å². The molecule has 1 aliphatic carbocycles. The fraction of sp³-hybridized carbons (Fsp3) is 0.276. The zero-order valence-corrected chi connectivity index (χ0v) is 18.6. The Kier molecular flexibility index (Phi) is 5.46. The summed E-state index contributed by atoms with van der Waals surface area (Å²) in [5.74, 6) is 1.99. The summed E-state index contributed by atoms with van der Waals surface area (Å²) in [6, 6.07) is 30.6. The number of hydrogen-bond donors (Lipinski definition) is 0. The van der Waals surface area contributed by atoms with Crippen LogP contribution in [0.15, 0.2) is 84.9 Å². The van der Waals surface area contributed by atoms with Crippen LogP contribution in [0.5, 0.6) is 0 Å². The second-order valence-electron chi connectivity index (χ2n) is 8.79. The zero-order valence-electron chi connectivity index (χ0n) is 18.6. The Morgan fingerprint density at radius 2 is 1.32 bits per heavy atom. The predicted octanol–water partition coefficient (Wildman–Crippen LogP) is 7.09. The third kappa shape index (κ3) is 3.61. The minimum absolute atomic E-state index is 0.560. The van der Waals surface area contributed by atoms with Gasteiger partial charge in [-0.2, -0.15) is 9.13 Å². The fourth-order valence-electron chi connectivity index (χ4n) is 5.27. The normalized spacial score (nSPS) is 14.6. The van der Waals surface area contributed by atoms with E-state index in [1.807, 2.05) is 0 Å². The summed E-state index contributed by atoms with van der Waals surface area (Å²) in [5, 5.41) is 0. The van der Waals surface area contributed by atoms with Gasteiger partial charge in [-0.3, -0.25) is 0 Å². The number of benzene rings is 3. The molecule has 0 N–H and O–H groups in total. The third-order valence-corrected chi connectivity index (χ3v) is 6.75. The van der Waals surface area contributed by atoms with Gasteiger partial charge in [0.2, 0.25) is 0 Å². The van der Waals surface area contributed by atoms with Crippen molar-refractivity contribution in [2.45, 2.75) is 51.9 Å². The van der Waals surface area contributed by atoms with Crippen molar-refractivity contribution in [2.75, 3.05) is 0 Å². The van der Waals surface area contributed by atoms with Gasteiger partial charge < -0.3 is 0 Å². The average Bonchev–Trinajstić information content (AvgIpc) is 3.14. The molecule has 1 heterocycles. The zero-order chi connectivity index (χ0) is 21.2. The molecular weight excluding hydrogens is 376 g/mol. The van der Waals surface area contributed by atoms with Crippen molar-refractivity contribution >= 4 is 0 Å². The van der Waals surface area contributed by atoms with Crippen LogP contribution in [0.25, 0.3) is 22.6 Å². The molecule has 0 amide bonds. The van der Waals surface area contributed by atoms with E-state index >= 15 is 0 Å². The number of imidazole rings is 1. The average molecular weight is 408 g/mol. The summed E-state index contributed by atoms with van der Waals surface area (Å²) in [7, 11) is 0. The molecule has 1 aliphatic rings. The van der Waals surface area contributed by atoms with E-state index in [0.29, 0.717) is 5.92 Å². The van der Waals surface area contributed by atoms with E-state index in [2.05, 4.69) is 108 Å². The van der Waals surface area contributed by atoms with Gasteiger partial charge in [0.1, 0.15) is 11.4 Å². The first-order valence-corrected chi connectivity index (χ1v) is 11.6. The highest BCUT2D eigenvalue weighted by Crippen LogP contribution is 2.37. The first-order valence-electron chi connectivity index (χ1n) is 11.6. The largest absolute Gasteiger partial charge is 0.270 e. The van der Waals surface area contributed by atoms with Gasteiger partial charge in [-0.25, -0.2) is 0 Å². The van der Waals surface area contributed by atoms with Crippen LogP contribution in [-0.2, 0) is 0 Å². The molecule has 0 saturated heterocycles. The number of aromatic nitrogens is 2. The second kappa shape index (κ2) is 8.55. The lowest BCUT2D eigenvalue weighted by Crippen LogP contribution is -2.40. The third-order valence-electron chi connectivity index (χ3n) is 6.75. The van der Waals surface area contributed by atoms with Crippen molar-refractivity contribution in [3.63, 3.8) is 0 Å². The van der Waals surface area contributed by atoms with E-state index < -0.39 is 0 Å². The van der Waals surface area contributed by atoms with Gasteiger partial charge >= 0.3 is 0 Å². The number of rotatable bonds is 4. The van der Waals surface area contributed by atoms with Crippen molar-refractivity contribution in [1.29, 1.82) is 0 Å². The summed E-state index contributed by atoms with van der Waals surface area (Å²) in [6.45, 7) is 4.52. The highest BCUT2D eigenvalue weighted by Gasteiger charge is 2.37. The number of para-hydroxylation sites is 2. The SMILES string of the molecule is Cc1ccccc1-[n+]1c(C)c(-c2ccccc2)n(-c2ccccc2)c1C1CCCCC1. The first kappa shape index (κ1) is 19.8. The van der Waals surface area contributed by atoms with Crippen LogP contribution in [-0.4, -0.2) is 4.57 Å². The Morgan fingerprint density at radius 1 is 0.710 bits per heavy atom. The molecule has 0 bridgehead atoms. The van der Waals surface area contributed by atoms with Crippen LogP contribution >= 0.6 is 0 Å². The Morgan fingerprint density at radius 3 is 2.00 bits per heavy atom. The highest BCUT2D eigenvalue weighted by molar-refractivity contribution is 5.65. The topological polar surface area (TPSA) is 8.81 Å². The van der Waals surface area contributed by atoms with Gasteiger partial charge in [-0.15, -0.1) is 0 Å². The fourth-order valence-corrected chi connectivity index (χ4v) is 5.27. The van der Waals surface area contributed by atoms with Crippen LogP contribution in [0.1, 0.15) is 55.1 Å². The van der Waals surface area contributed by atoms with Gasteiger partial charge in [-0.1, -0.05) is 86.0 Å². The number of aryl methyl sites for hydroxylation is 1. The summed E-state index contributed by atoms with van der Waals surface area (Å²) in [4.78, 5) is 0. The Balaban J connectivity index is 1.88. The van der Waals surface area contributed by atoms with E-state index in [1.165, 1.54) is 71.8 Å². The lowest BCUT2D eigenvalue weighted by molar-refractivity contribution is -0.612. The maximum Gasteiger partial charge on any atom is 0.270 e. The molecule has 0 radical (unpaired) electrons. The minimum atomic E-state index is 0.560. The molecule has 2 nitrogen and oxygen atoms in total. The standard InChI is InChI=1S/C29H31N2/c1-22-14-12-13-21-27(22)30-23(2)28(24-15-6-3-7-16-24)31(26-19-10-5-11-20-26)29(30)25-17-8-4-9-18-25/h3,5-7,10-16,19-21,25H,4,8-9,17-18H2,1-2H3/q+1. The lowest BCUT2D eigenvalue weighted by Gasteiger charge is -2.21. The van der Waals surface area contributed by atoms with Crippen LogP contribution in [0.2, 0.25) is 0 Å². The minimum Gasteiger partial charge on any atom is -0.196 e. The first-order chi connectivity index (χ1) is 15.3. The molecule has 0 aliphatic heterocycles. The maximum atomic E-state index is 2.56. The Hall–Kier alpha value is -3.13. The molecule has 0 spiro atoms. The van der Waals surface area contributed by atoms with Crippen LogP contribution in [0.4, 0.5) is 0 Å². The predicted molar refractivity (Wildman–Crippen MR) is 128 cm³/mol. The van der Waals surface area contributed by atoms with Gasteiger partial charge in [0.15, 0.2) is 11.4 Å². The maximum absolute atomic E-state index is 2.56. The lowest BCUT2D eigenvalue weighted by atomic mass is 9.88. The molecule has 3 aromatic carbocycles. The molecule has 4 aromatic rings. The smallest absolute Gasteiger partial charge is 0.196 e. The van der Waals surface area contributed by atoms with Crippen molar-refractivity contribution in [1.82, 2.24) is 4.57 Å². The molecule has 1 saturated carbocycles. The van der Waals surface area contributed by atoms with Gasteiger partial charge in [0, 0.05) is 12.5 Å². The highest BCUT2D eigenvalue weighted by atomic mass is 15.2. The summed E-state index contributed by atoms with van der Waals surface area (Å²) in [5.41, 5.74) is 7.75. The van der Waals surface area contributed by atoms with Gasteiger partial charge in [-0.05, 0) is 43.5 Å². The molecule has 156 valence electrons. The van der Waals surface area contributed by atoms with Crippen molar-refractivity contribution in [2.24, 2.45) is 0 Å². The molecule has 5 rings (SSSR count). The molecule has 0 atom stereocenters.